The summed E-state index contributed by atoms with van der Waals surface area (Å²) in [5.41, 5.74) is 0. The molecular weight excluding hydrogens is 289 g/mol. The van der Waals surface area contributed by atoms with Crippen LogP contribution in [-0.2, 0) is 0 Å². The summed E-state index contributed by atoms with van der Waals surface area (Å²) < 4.78 is 1.06. The minimum atomic E-state index is 0.637. The second-order valence-corrected chi connectivity index (χ2v) is 5.07. The number of anilines is 1. The largest absolute Gasteiger partial charge is 0.354 e. The van der Waals surface area contributed by atoms with Gasteiger partial charge in [0.15, 0.2) is 0 Å². The Hall–Kier alpha value is -0.390. The monoisotopic (exact) mass is 305 g/mol. The summed E-state index contributed by atoms with van der Waals surface area (Å²) in [7, 11) is 0. The highest BCUT2D eigenvalue weighted by atomic mass is 127. The van der Waals surface area contributed by atoms with E-state index in [1.807, 2.05) is 12.4 Å². The van der Waals surface area contributed by atoms with Gasteiger partial charge in [0.25, 0.3) is 0 Å². The maximum Gasteiger partial charge on any atom is 0.222 e. The third-order valence-electron chi connectivity index (χ3n) is 2.34. The lowest BCUT2D eigenvalue weighted by atomic mass is 9.98. The minimum Gasteiger partial charge on any atom is -0.354 e. The zero-order valence-corrected chi connectivity index (χ0v) is 10.9. The van der Waals surface area contributed by atoms with Crippen LogP contribution in [0.15, 0.2) is 12.4 Å². The van der Waals surface area contributed by atoms with Crippen molar-refractivity contribution in [1.82, 2.24) is 9.97 Å². The molecule has 0 fully saturated rings. The Morgan fingerprint density at radius 2 is 1.86 bits per heavy atom. The molecule has 3 nitrogen and oxygen atoms in total. The first kappa shape index (κ1) is 11.7. The molecule has 1 atom stereocenters. The molecule has 1 heterocycles. The van der Waals surface area contributed by atoms with Crippen molar-refractivity contribution in [3.05, 3.63) is 16.0 Å². The zero-order chi connectivity index (χ0) is 10.6. The van der Waals surface area contributed by atoms with Gasteiger partial charge < -0.3 is 5.32 Å². The molecule has 0 saturated heterocycles. The molecule has 1 rings (SSSR count). The van der Waals surface area contributed by atoms with Gasteiger partial charge in [0.1, 0.15) is 0 Å². The van der Waals surface area contributed by atoms with Crippen LogP contribution < -0.4 is 5.32 Å². The van der Waals surface area contributed by atoms with Crippen molar-refractivity contribution in [2.45, 2.75) is 20.8 Å². The summed E-state index contributed by atoms with van der Waals surface area (Å²) in [6, 6.07) is 0. The molecule has 0 radical (unpaired) electrons. The smallest absolute Gasteiger partial charge is 0.222 e. The Labute approximate surface area is 98.9 Å². The molecule has 4 heteroatoms. The first-order valence-corrected chi connectivity index (χ1v) is 5.89. The number of nitrogens with zero attached hydrogens (tertiary/aromatic N) is 2. The zero-order valence-electron chi connectivity index (χ0n) is 8.79. The summed E-state index contributed by atoms with van der Waals surface area (Å²) in [6.07, 6.45) is 3.63. The summed E-state index contributed by atoms with van der Waals surface area (Å²) in [5.74, 6) is 2.04. The van der Waals surface area contributed by atoms with Gasteiger partial charge >= 0.3 is 0 Å². The van der Waals surface area contributed by atoms with Crippen LogP contribution in [0.5, 0.6) is 0 Å². The molecule has 0 spiro atoms. The van der Waals surface area contributed by atoms with E-state index in [-0.39, 0.29) is 0 Å². The van der Waals surface area contributed by atoms with Crippen LogP contribution in [0.25, 0.3) is 0 Å². The summed E-state index contributed by atoms with van der Waals surface area (Å²) >= 11 is 2.20. The highest BCUT2D eigenvalue weighted by molar-refractivity contribution is 14.1. The van der Waals surface area contributed by atoms with Gasteiger partial charge in [-0.1, -0.05) is 20.8 Å². The lowest BCUT2D eigenvalue weighted by molar-refractivity contribution is 0.439. The van der Waals surface area contributed by atoms with Crippen molar-refractivity contribution in [3.8, 4) is 0 Å². The van der Waals surface area contributed by atoms with Gasteiger partial charge in [0, 0.05) is 22.5 Å². The number of nitrogens with one attached hydrogen (secondary N) is 1. The highest BCUT2D eigenvalue weighted by Crippen LogP contribution is 2.10. The van der Waals surface area contributed by atoms with E-state index >= 15 is 0 Å². The van der Waals surface area contributed by atoms with E-state index in [9.17, 15) is 0 Å². The molecule has 0 amide bonds. The molecule has 1 aromatic rings. The number of hydrogen-bond acceptors (Lipinski definition) is 3. The minimum absolute atomic E-state index is 0.637. The SMILES string of the molecule is CC(C)C(C)CNc1ncc(I)cn1. The highest BCUT2D eigenvalue weighted by Gasteiger charge is 2.06. The molecule has 14 heavy (non-hydrogen) atoms. The second-order valence-electron chi connectivity index (χ2n) is 3.83. The van der Waals surface area contributed by atoms with Crippen LogP contribution in [-0.4, -0.2) is 16.5 Å². The second kappa shape index (κ2) is 5.48. The number of aromatic nitrogens is 2. The fourth-order valence-corrected chi connectivity index (χ4v) is 1.17. The van der Waals surface area contributed by atoms with E-state index in [4.69, 9.17) is 0 Å². The summed E-state index contributed by atoms with van der Waals surface area (Å²) in [4.78, 5) is 8.36. The standard InChI is InChI=1S/C10H16IN3/c1-7(2)8(3)4-12-10-13-5-9(11)6-14-10/h5-8H,4H2,1-3H3,(H,12,13,14). The van der Waals surface area contributed by atoms with E-state index in [2.05, 4.69) is 58.6 Å². The first-order valence-electron chi connectivity index (χ1n) is 4.81. The van der Waals surface area contributed by atoms with Crippen molar-refractivity contribution in [1.29, 1.82) is 0 Å². The molecule has 1 N–H and O–H groups in total. The number of rotatable bonds is 4. The molecule has 1 unspecified atom stereocenters. The molecule has 0 aliphatic heterocycles. The molecule has 78 valence electrons. The third kappa shape index (κ3) is 3.77. The molecule has 0 bridgehead atoms. The predicted octanol–water partition coefficient (Wildman–Crippen LogP) is 2.79. The Balaban J connectivity index is 2.42. The van der Waals surface area contributed by atoms with Crippen molar-refractivity contribution in [3.63, 3.8) is 0 Å². The van der Waals surface area contributed by atoms with Gasteiger partial charge in [0.05, 0.1) is 0 Å². The first-order chi connectivity index (χ1) is 6.59. The third-order valence-corrected chi connectivity index (χ3v) is 2.90. The summed E-state index contributed by atoms with van der Waals surface area (Å²) in [6.45, 7) is 7.60. The maximum atomic E-state index is 4.18. The molecule has 0 aromatic carbocycles. The van der Waals surface area contributed by atoms with Crippen LogP contribution in [0.1, 0.15) is 20.8 Å². The van der Waals surface area contributed by atoms with Crippen LogP contribution in [0.4, 0.5) is 5.95 Å². The van der Waals surface area contributed by atoms with Gasteiger partial charge in [-0.15, -0.1) is 0 Å². The molecule has 1 aromatic heterocycles. The average molecular weight is 305 g/mol. The van der Waals surface area contributed by atoms with Crippen molar-refractivity contribution in [2.75, 3.05) is 11.9 Å². The quantitative estimate of drug-likeness (QED) is 0.869. The number of hydrogen-bond donors (Lipinski definition) is 1. The molecular formula is C10H16IN3. The Morgan fingerprint density at radius 3 is 2.36 bits per heavy atom. The maximum absolute atomic E-state index is 4.18. The number of halogens is 1. The summed E-state index contributed by atoms with van der Waals surface area (Å²) in [5, 5.41) is 3.23. The van der Waals surface area contributed by atoms with Crippen molar-refractivity contribution in [2.24, 2.45) is 11.8 Å². The van der Waals surface area contributed by atoms with E-state index in [1.165, 1.54) is 0 Å². The Bertz CT molecular complexity index is 271. The lowest BCUT2D eigenvalue weighted by Gasteiger charge is -2.15. The van der Waals surface area contributed by atoms with E-state index < -0.39 is 0 Å². The van der Waals surface area contributed by atoms with Crippen molar-refractivity contribution < 1.29 is 0 Å². The average Bonchev–Trinajstić information content (AvgIpc) is 2.16. The van der Waals surface area contributed by atoms with Crippen molar-refractivity contribution >= 4 is 28.5 Å². The molecule has 0 saturated carbocycles. The van der Waals surface area contributed by atoms with Crippen LogP contribution in [0, 0.1) is 15.4 Å². The fraction of sp³-hybridized carbons (Fsp3) is 0.600. The van der Waals surface area contributed by atoms with E-state index in [0.717, 1.165) is 16.1 Å². The molecule has 0 aliphatic rings. The van der Waals surface area contributed by atoms with Gasteiger partial charge in [-0.2, -0.15) is 0 Å². The van der Waals surface area contributed by atoms with Crippen LogP contribution in [0.2, 0.25) is 0 Å². The van der Waals surface area contributed by atoms with Gasteiger partial charge in [-0.3, -0.25) is 0 Å². The fourth-order valence-electron chi connectivity index (χ4n) is 0.892. The predicted molar refractivity (Wildman–Crippen MR) is 67.2 cm³/mol. The normalized spacial score (nSPS) is 12.9. The van der Waals surface area contributed by atoms with E-state index in [1.54, 1.807) is 0 Å². The van der Waals surface area contributed by atoms with Crippen LogP contribution in [0.3, 0.4) is 0 Å². The molecule has 0 aliphatic carbocycles. The van der Waals surface area contributed by atoms with Gasteiger partial charge in [0.2, 0.25) is 5.95 Å². The van der Waals surface area contributed by atoms with Gasteiger partial charge in [-0.25, -0.2) is 9.97 Å². The van der Waals surface area contributed by atoms with Crippen LogP contribution >= 0.6 is 22.6 Å². The lowest BCUT2D eigenvalue weighted by Crippen LogP contribution is -2.17. The Morgan fingerprint density at radius 1 is 1.29 bits per heavy atom. The Kier molecular flexibility index (Phi) is 4.57. The van der Waals surface area contributed by atoms with E-state index in [0.29, 0.717) is 11.8 Å². The van der Waals surface area contributed by atoms with Gasteiger partial charge in [-0.05, 0) is 34.4 Å². The topological polar surface area (TPSA) is 37.8 Å².